The Morgan fingerprint density at radius 1 is 0.768 bits per heavy atom. The second kappa shape index (κ2) is 17.1. The normalized spacial score (nSPS) is 19.0. The van der Waals surface area contributed by atoms with Gasteiger partial charge in [0.2, 0.25) is 28.0 Å². The highest BCUT2D eigenvalue weighted by atomic mass is 32.2. The number of anilines is 1. The van der Waals surface area contributed by atoms with E-state index in [1.807, 2.05) is 23.5 Å². The van der Waals surface area contributed by atoms with Crippen LogP contribution < -0.4 is 9.62 Å². The highest BCUT2D eigenvalue weighted by Gasteiger charge is 2.49. The maximum absolute atomic E-state index is 14.4. The molecule has 19 nitrogen and oxygen atoms in total. The van der Waals surface area contributed by atoms with Crippen molar-refractivity contribution in [2.45, 2.75) is 86.8 Å². The number of nitrogens with zero attached hydrogens (tertiary/aromatic N) is 3. The van der Waals surface area contributed by atoms with E-state index in [1.165, 1.54) is 41.0 Å². The van der Waals surface area contributed by atoms with Crippen LogP contribution in [-0.4, -0.2) is 104 Å². The quantitative estimate of drug-likeness (QED) is 0.0420. The average Bonchev–Trinajstić information content (AvgIpc) is 3.77. The third kappa shape index (κ3) is 8.97. The van der Waals surface area contributed by atoms with Crippen molar-refractivity contribution in [2.24, 2.45) is 0 Å². The van der Waals surface area contributed by atoms with Gasteiger partial charge in [0.25, 0.3) is 38.0 Å². The van der Waals surface area contributed by atoms with Crippen molar-refractivity contribution in [3.8, 4) is 0 Å². The molecule has 0 radical (unpaired) electrons. The van der Waals surface area contributed by atoms with Crippen LogP contribution in [0.5, 0.6) is 0 Å². The predicted octanol–water partition coefficient (Wildman–Crippen LogP) is 5.11. The van der Waals surface area contributed by atoms with Gasteiger partial charge >= 0.3 is 5.97 Å². The van der Waals surface area contributed by atoms with Crippen molar-refractivity contribution in [3.63, 3.8) is 0 Å². The Morgan fingerprint density at radius 2 is 1.35 bits per heavy atom. The van der Waals surface area contributed by atoms with Crippen molar-refractivity contribution >= 4 is 98.4 Å². The number of aliphatic hydroxyl groups excluding tert-OH is 1. The molecule has 0 unspecified atom stereocenters. The van der Waals surface area contributed by atoms with Gasteiger partial charge in [0.15, 0.2) is 5.71 Å². The lowest BCUT2D eigenvalue weighted by Crippen LogP contribution is -2.37. The van der Waals surface area contributed by atoms with E-state index in [0.29, 0.717) is 80.8 Å². The summed E-state index contributed by atoms with van der Waals surface area (Å²) >= 11 is 0. The van der Waals surface area contributed by atoms with E-state index in [1.54, 1.807) is 50.3 Å². The molecule has 4 N–H and O–H groups in total. The summed E-state index contributed by atoms with van der Waals surface area (Å²) < 4.78 is 95.3. The number of sulfonamides is 1. The number of nitrogens with one attached hydrogen (secondary N) is 1. The second-order valence-electron chi connectivity index (χ2n) is 18.3. The number of benzene rings is 4. The van der Waals surface area contributed by atoms with Gasteiger partial charge < -0.3 is 14.8 Å². The molecule has 0 atom stereocenters. The fraction of sp³-hybridized carbons (Fsp3) is 0.319. The van der Waals surface area contributed by atoms with Crippen LogP contribution in [0.1, 0.15) is 77.3 Å². The van der Waals surface area contributed by atoms with E-state index in [-0.39, 0.29) is 46.0 Å². The molecule has 3 amide bonds. The molecule has 3 aliphatic heterocycles. The number of imide groups is 1. The van der Waals surface area contributed by atoms with Crippen molar-refractivity contribution in [1.82, 2.24) is 9.79 Å². The van der Waals surface area contributed by atoms with E-state index >= 15 is 0 Å². The van der Waals surface area contributed by atoms with Crippen LogP contribution in [0.2, 0.25) is 0 Å². The third-order valence-electron chi connectivity index (χ3n) is 12.9. The molecule has 1 fully saturated rings. The van der Waals surface area contributed by atoms with Gasteiger partial charge in [-0.2, -0.15) is 21.4 Å². The zero-order valence-electron chi connectivity index (χ0n) is 37.9. The number of carbonyl (C=O) groups excluding carboxylic acids is 5. The van der Waals surface area contributed by atoms with Gasteiger partial charge in [-0.05, 0) is 96.3 Å². The number of unbranched alkanes of at least 4 members (excludes halogenated alkanes) is 2. The lowest BCUT2D eigenvalue weighted by Gasteiger charge is -2.29. The molecule has 1 saturated heterocycles. The molecular weight excluding hydrogens is 957 g/mol. The number of carbonyl (C=O) groups is 5. The topological polar surface area (TPSA) is 279 Å². The molecular formula is C47H47N4O15S3+. The first-order valence-corrected chi connectivity index (χ1v) is 26.4. The number of hydrogen-bond acceptors (Lipinski definition) is 14. The fourth-order valence-corrected chi connectivity index (χ4v) is 11.2. The monoisotopic (exact) mass is 1000 g/mol. The number of fused-ring (bicyclic) bond motifs is 6. The summed E-state index contributed by atoms with van der Waals surface area (Å²) in [6, 6.07) is 14.9. The van der Waals surface area contributed by atoms with E-state index < -0.39 is 77.1 Å². The summed E-state index contributed by atoms with van der Waals surface area (Å²) in [7, 11) is -13.1. The summed E-state index contributed by atoms with van der Waals surface area (Å²) in [4.78, 5) is 70.2. The highest BCUT2D eigenvalue weighted by molar-refractivity contribution is 7.89. The number of amides is 3. The summed E-state index contributed by atoms with van der Waals surface area (Å²) in [6.45, 7) is 7.18. The molecule has 1 aliphatic carbocycles. The van der Waals surface area contributed by atoms with Gasteiger partial charge in [-0.3, -0.25) is 28.3 Å². The summed E-state index contributed by atoms with van der Waals surface area (Å²) in [5.41, 5.74) is 1.28. The molecule has 4 aromatic rings. The first-order valence-electron chi connectivity index (χ1n) is 21.6. The van der Waals surface area contributed by atoms with Crippen LogP contribution in [0.15, 0.2) is 105 Å². The molecule has 0 aromatic heterocycles. The largest absolute Gasteiger partial charge is 0.506 e. The number of hydroxylamine groups is 2. The molecule has 0 bridgehead atoms. The molecule has 0 spiro atoms. The van der Waals surface area contributed by atoms with E-state index in [9.17, 15) is 63.4 Å². The van der Waals surface area contributed by atoms with Gasteiger partial charge in [-0.1, -0.05) is 38.5 Å². The van der Waals surface area contributed by atoms with Crippen molar-refractivity contribution in [2.75, 3.05) is 24.2 Å². The number of ketones is 1. The van der Waals surface area contributed by atoms with Crippen LogP contribution in [0.3, 0.4) is 0 Å². The van der Waals surface area contributed by atoms with E-state index in [4.69, 9.17) is 4.84 Å². The molecule has 4 aromatic carbocycles. The molecule has 22 heteroatoms. The van der Waals surface area contributed by atoms with Crippen LogP contribution in [0.25, 0.3) is 21.5 Å². The molecule has 0 saturated carbocycles. The zero-order valence-corrected chi connectivity index (χ0v) is 40.3. The number of allylic oxidation sites excluding steroid dienone is 5. The number of hydrogen-bond donors (Lipinski definition) is 4. The maximum Gasteiger partial charge on any atom is 0.333 e. The predicted molar refractivity (Wildman–Crippen MR) is 250 cm³/mol. The SMILES string of the molecule is CC1(C)C(/C=C2\C(=O)C(/C=C3/N(CCCCCC(=O)ON4C(=O)CCC4=O)c4ccc5cc(S(=O)(=O)O)ccc5c4C3(C)C)=C2O)=[N+](CC(=O)NS(C)(=O)=O)c2ccc3cc(S(=O)(=O)O)ccc3c21. The Bertz CT molecular complexity index is 3480. The van der Waals surface area contributed by atoms with Crippen LogP contribution in [0, 0.1) is 0 Å². The highest BCUT2D eigenvalue weighted by Crippen LogP contribution is 2.52. The molecule has 4 aliphatic rings. The first-order chi connectivity index (χ1) is 32.1. The number of rotatable bonds is 14. The fourth-order valence-electron chi connectivity index (χ4n) is 9.68. The first kappa shape index (κ1) is 48.9. The number of aliphatic hydroxyl groups is 1. The number of Topliss-reactive ketones (excluding diaryl/α,β-unsaturated/α-hetero) is 1. The molecule has 8 rings (SSSR count). The molecule has 3 heterocycles. The Morgan fingerprint density at radius 3 is 1.91 bits per heavy atom. The maximum atomic E-state index is 14.4. The standard InChI is InChI=1S/C47H46N4O15S3/c1-46(2)36(49(20-8-6-7-9-41(55)66-51-39(53)18-19-40(51)54)34-16-10-26-21-28(68(60,61)62)12-14-30(26)42(34)46)23-32-44(56)33(45(32)57)24-37-47(3,4)43-31-15-13-29(69(63,64)65)22-27(31)11-17-35(43)50(37)25-38(52)48-67(5,58)59/h10-17,21-24H,6-9,18-20,25H2,1-5H3,(H3-,48,52,56,57,60,61,62,63,64,65)/p+1. The van der Waals surface area contributed by atoms with Gasteiger partial charge in [-0.25, -0.2) is 17.9 Å². The summed E-state index contributed by atoms with van der Waals surface area (Å²) in [6.07, 6.45) is 5.03. The third-order valence-corrected chi connectivity index (χ3v) is 15.1. The van der Waals surface area contributed by atoms with Crippen molar-refractivity contribution < 1.29 is 72.9 Å². The minimum absolute atomic E-state index is 0.0331. The second-order valence-corrected chi connectivity index (χ2v) is 22.9. The van der Waals surface area contributed by atoms with Gasteiger partial charge in [-0.15, -0.1) is 5.06 Å². The van der Waals surface area contributed by atoms with E-state index in [0.717, 1.165) is 11.8 Å². The summed E-state index contributed by atoms with van der Waals surface area (Å²) in [5.74, 6) is -3.74. The lowest BCUT2D eigenvalue weighted by atomic mass is 9.76. The Kier molecular flexibility index (Phi) is 12.1. The molecule has 362 valence electrons. The summed E-state index contributed by atoms with van der Waals surface area (Å²) in [5, 5.41) is 14.4. The Hall–Kier alpha value is -6.59. The van der Waals surface area contributed by atoms with Gasteiger partial charge in [0.05, 0.1) is 32.6 Å². The van der Waals surface area contributed by atoms with Crippen LogP contribution >= 0.6 is 0 Å². The minimum atomic E-state index is -4.56. The van der Waals surface area contributed by atoms with Crippen LogP contribution in [0.4, 0.5) is 11.4 Å². The van der Waals surface area contributed by atoms with Crippen molar-refractivity contribution in [1.29, 1.82) is 0 Å². The lowest BCUT2D eigenvalue weighted by molar-refractivity contribution is -0.425. The van der Waals surface area contributed by atoms with Gasteiger partial charge in [0.1, 0.15) is 5.76 Å². The molecule has 69 heavy (non-hydrogen) atoms. The Balaban J connectivity index is 1.16. The average molecular weight is 1000 g/mol. The minimum Gasteiger partial charge on any atom is -0.506 e. The van der Waals surface area contributed by atoms with E-state index in [2.05, 4.69) is 0 Å². The zero-order chi connectivity index (χ0) is 50.3. The van der Waals surface area contributed by atoms with Crippen LogP contribution in [-0.2, 0) is 69.9 Å². The van der Waals surface area contributed by atoms with Gasteiger partial charge in [0, 0.05) is 60.3 Å². The van der Waals surface area contributed by atoms with Crippen molar-refractivity contribution in [3.05, 3.63) is 107 Å². The Labute approximate surface area is 396 Å². The smallest absolute Gasteiger partial charge is 0.333 e.